The molecule has 2 aromatic carbocycles. The number of hydrogen-bond donors (Lipinski definition) is 2. The molecule has 0 amide bonds. The molecule has 0 atom stereocenters. The molecule has 0 saturated carbocycles. The molecule has 3 aromatic heterocycles. The normalized spacial score (nSPS) is 11.1. The van der Waals surface area contributed by atoms with Gasteiger partial charge in [0.1, 0.15) is 0 Å². The minimum Gasteiger partial charge on any atom is -0.377 e. The number of benzene rings is 2. The fourth-order valence-electron chi connectivity index (χ4n) is 3.77. The first-order valence-corrected chi connectivity index (χ1v) is 10.4. The Bertz CT molecular complexity index is 1350. The van der Waals surface area contributed by atoms with Gasteiger partial charge in [-0.1, -0.05) is 34.2 Å². The van der Waals surface area contributed by atoms with Gasteiger partial charge in [-0.2, -0.15) is 4.57 Å². The molecule has 0 bridgehead atoms. The van der Waals surface area contributed by atoms with Crippen LogP contribution in [0.4, 0.5) is 11.5 Å². The maximum atomic E-state index is 5.91. The van der Waals surface area contributed by atoms with E-state index >= 15 is 0 Å². The molecule has 158 valence electrons. The van der Waals surface area contributed by atoms with Crippen LogP contribution in [0.1, 0.15) is 5.56 Å². The van der Waals surface area contributed by atoms with E-state index in [-0.39, 0.29) is 0 Å². The summed E-state index contributed by atoms with van der Waals surface area (Å²) in [4.78, 5) is 13.8. The predicted molar refractivity (Wildman–Crippen MR) is 125 cm³/mol. The van der Waals surface area contributed by atoms with Gasteiger partial charge >= 0.3 is 0 Å². The van der Waals surface area contributed by atoms with E-state index in [0.717, 1.165) is 16.9 Å². The molecule has 0 fully saturated rings. The van der Waals surface area contributed by atoms with Crippen molar-refractivity contribution in [3.8, 4) is 16.8 Å². The lowest BCUT2D eigenvalue weighted by Crippen LogP contribution is -2.36. The number of nitrogens with one attached hydrogen (secondary N) is 1. The van der Waals surface area contributed by atoms with Crippen LogP contribution < -0.4 is 19.8 Å². The van der Waals surface area contributed by atoms with Gasteiger partial charge in [0.2, 0.25) is 17.8 Å². The van der Waals surface area contributed by atoms with Crippen LogP contribution in [0.5, 0.6) is 0 Å². The Morgan fingerprint density at radius 1 is 0.875 bits per heavy atom. The van der Waals surface area contributed by atoms with Crippen molar-refractivity contribution >= 4 is 22.7 Å². The smallest absolute Gasteiger partial charge is 0.293 e. The number of H-pyrrole nitrogens is 1. The van der Waals surface area contributed by atoms with E-state index in [1.807, 2.05) is 18.7 Å². The number of fused-ring (bicyclic) bond motifs is 1. The summed E-state index contributed by atoms with van der Waals surface area (Å²) in [6, 6.07) is 21.4. The number of anilines is 2. The van der Waals surface area contributed by atoms with Crippen LogP contribution in [0.15, 0.2) is 85.7 Å². The maximum Gasteiger partial charge on any atom is 0.293 e. The summed E-state index contributed by atoms with van der Waals surface area (Å²) in [5.41, 5.74) is 13.3. The molecule has 3 N–H and O–H groups in total. The van der Waals surface area contributed by atoms with Crippen molar-refractivity contribution < 1.29 is 9.13 Å². The number of imidazole rings is 1. The highest BCUT2D eigenvalue weighted by molar-refractivity contribution is 5.78. The fraction of sp³-hybridized carbons (Fsp3) is 0.120. The number of nitrogens with two attached hydrogens (primary N) is 1. The number of nitrogens with zero attached hydrogens (tertiary/aromatic N) is 5. The third-order valence-electron chi connectivity index (χ3n) is 5.62. The molecule has 0 aliphatic rings. The molecular formula is C25H25N7+2. The van der Waals surface area contributed by atoms with Crippen molar-refractivity contribution in [2.75, 3.05) is 24.7 Å². The van der Waals surface area contributed by atoms with E-state index in [9.17, 15) is 0 Å². The highest BCUT2D eigenvalue weighted by atomic mass is 15.1. The maximum absolute atomic E-state index is 5.91. The molecule has 5 aromatic rings. The topological polar surface area (TPSA) is 78.6 Å². The zero-order valence-electron chi connectivity index (χ0n) is 18.1. The third kappa shape index (κ3) is 3.76. The van der Waals surface area contributed by atoms with E-state index in [1.165, 1.54) is 22.4 Å². The quantitative estimate of drug-likeness (QED) is 0.426. The Morgan fingerprint density at radius 3 is 2.19 bits per heavy atom. The van der Waals surface area contributed by atoms with Crippen LogP contribution in [0.2, 0.25) is 0 Å². The van der Waals surface area contributed by atoms with Crippen molar-refractivity contribution in [3.63, 3.8) is 0 Å². The van der Waals surface area contributed by atoms with Crippen molar-refractivity contribution in [2.24, 2.45) is 0 Å². The molecule has 7 heteroatoms. The fourth-order valence-corrected chi connectivity index (χ4v) is 3.77. The highest BCUT2D eigenvalue weighted by Gasteiger charge is 2.14. The van der Waals surface area contributed by atoms with E-state index in [1.54, 1.807) is 12.7 Å². The first kappa shape index (κ1) is 19.7. The van der Waals surface area contributed by atoms with Crippen molar-refractivity contribution in [2.45, 2.75) is 6.54 Å². The second-order valence-corrected chi connectivity index (χ2v) is 7.96. The third-order valence-corrected chi connectivity index (χ3v) is 5.62. The Labute approximate surface area is 186 Å². The average Bonchev–Trinajstić information content (AvgIpc) is 3.33. The molecule has 7 nitrogen and oxygen atoms in total. The summed E-state index contributed by atoms with van der Waals surface area (Å²) in [6.07, 6.45) is 7.53. The van der Waals surface area contributed by atoms with Gasteiger partial charge in [-0.05, 0) is 28.8 Å². The first-order chi connectivity index (χ1) is 15.6. The molecule has 0 radical (unpaired) electrons. The summed E-state index contributed by atoms with van der Waals surface area (Å²) in [7, 11) is 4.09. The number of nitrogen functional groups attached to an aromatic ring is 1. The van der Waals surface area contributed by atoms with Crippen LogP contribution in [-0.2, 0) is 6.54 Å². The summed E-state index contributed by atoms with van der Waals surface area (Å²) >= 11 is 0. The lowest BCUT2D eigenvalue weighted by atomic mass is 10.0. The molecule has 0 aliphatic carbocycles. The minimum absolute atomic E-state index is 0.458. The highest BCUT2D eigenvalue weighted by Crippen LogP contribution is 2.21. The molecule has 32 heavy (non-hydrogen) atoms. The van der Waals surface area contributed by atoms with Gasteiger partial charge in [-0.25, -0.2) is 4.57 Å². The second kappa shape index (κ2) is 8.11. The Morgan fingerprint density at radius 2 is 1.53 bits per heavy atom. The first-order valence-electron chi connectivity index (χ1n) is 10.4. The van der Waals surface area contributed by atoms with Gasteiger partial charge in [-0.15, -0.1) is 0 Å². The SMILES string of the molecule is CN(C)c1cc[n+](-c2ccc(-c3ccc(C[n+]4cnc(N)c5[nH]cnc54)cc3)cc2)cc1. The van der Waals surface area contributed by atoms with Gasteiger partial charge in [0.15, 0.2) is 24.2 Å². The Balaban J connectivity index is 1.33. The predicted octanol–water partition coefficient (Wildman–Crippen LogP) is 2.89. The van der Waals surface area contributed by atoms with E-state index in [0.29, 0.717) is 12.4 Å². The molecule has 0 unspecified atom stereocenters. The number of pyridine rings is 1. The summed E-state index contributed by atoms with van der Waals surface area (Å²) in [6.45, 7) is 0.674. The number of aromatic amines is 1. The van der Waals surface area contributed by atoms with Gasteiger partial charge < -0.3 is 15.6 Å². The standard InChI is InChI=1S/C25H24N7/c1-30(2)21-11-13-31(14-12-21)22-9-7-20(8-10-22)19-5-3-18(4-6-19)15-32-17-29-24(26)23-25(32)28-16-27-23/h3-14,16-17H,15H2,1-2H3,(H2,26,27,28)/q+1/p+1. The van der Waals surface area contributed by atoms with Crippen LogP contribution in [0.3, 0.4) is 0 Å². The molecule has 0 saturated heterocycles. The second-order valence-electron chi connectivity index (χ2n) is 7.96. The minimum atomic E-state index is 0.458. The lowest BCUT2D eigenvalue weighted by Gasteiger charge is -2.10. The van der Waals surface area contributed by atoms with E-state index in [2.05, 4.69) is 97.5 Å². The van der Waals surface area contributed by atoms with Crippen LogP contribution in [0.25, 0.3) is 28.0 Å². The molecule has 3 heterocycles. The largest absolute Gasteiger partial charge is 0.377 e. The van der Waals surface area contributed by atoms with Crippen LogP contribution in [0, 0.1) is 0 Å². The van der Waals surface area contributed by atoms with Gasteiger partial charge in [-0.3, -0.25) is 0 Å². The van der Waals surface area contributed by atoms with Crippen molar-refractivity contribution in [1.82, 2.24) is 15.0 Å². The summed E-state index contributed by atoms with van der Waals surface area (Å²) in [5, 5.41) is 0. The van der Waals surface area contributed by atoms with Crippen molar-refractivity contribution in [1.29, 1.82) is 0 Å². The van der Waals surface area contributed by atoms with Crippen LogP contribution in [-0.4, -0.2) is 29.0 Å². The van der Waals surface area contributed by atoms with Gasteiger partial charge in [0.25, 0.3) is 5.65 Å². The Hall–Kier alpha value is -4.26. The van der Waals surface area contributed by atoms with Crippen LogP contribution >= 0.6 is 0 Å². The van der Waals surface area contributed by atoms with E-state index < -0.39 is 0 Å². The zero-order chi connectivity index (χ0) is 22.1. The van der Waals surface area contributed by atoms with Gasteiger partial charge in [0.05, 0.1) is 6.54 Å². The number of rotatable bonds is 5. The van der Waals surface area contributed by atoms with Gasteiger partial charge in [0, 0.05) is 44.0 Å². The van der Waals surface area contributed by atoms with Crippen molar-refractivity contribution in [3.05, 3.63) is 91.3 Å². The monoisotopic (exact) mass is 423 g/mol. The lowest BCUT2D eigenvalue weighted by molar-refractivity contribution is -0.667. The average molecular weight is 424 g/mol. The number of aromatic nitrogens is 5. The molecule has 5 rings (SSSR count). The number of hydrogen-bond acceptors (Lipinski definition) is 4. The molecule has 0 aliphatic heterocycles. The zero-order valence-corrected chi connectivity index (χ0v) is 18.1. The Kier molecular flexibility index (Phi) is 4.99. The summed E-state index contributed by atoms with van der Waals surface area (Å²) < 4.78 is 4.11. The molecule has 0 spiro atoms. The molecular weight excluding hydrogens is 398 g/mol. The summed E-state index contributed by atoms with van der Waals surface area (Å²) in [5.74, 6) is 0.458. The van der Waals surface area contributed by atoms with E-state index in [4.69, 9.17) is 5.73 Å².